The van der Waals surface area contributed by atoms with Crippen LogP contribution in [0.2, 0.25) is 0 Å². The topological polar surface area (TPSA) is 60.0 Å². The van der Waals surface area contributed by atoms with Gasteiger partial charge in [-0.05, 0) is 49.9 Å². The molecule has 146 valence electrons. The zero-order valence-corrected chi connectivity index (χ0v) is 16.4. The molecule has 1 aromatic carbocycles. The Hall–Kier alpha value is -1.79. The summed E-state index contributed by atoms with van der Waals surface area (Å²) in [6.07, 6.45) is 2.91. The summed E-state index contributed by atoms with van der Waals surface area (Å²) in [7, 11) is 4.85. The minimum Gasteiger partial charge on any atom is -0.493 e. The molecule has 2 atom stereocenters. The second-order valence-corrected chi connectivity index (χ2v) is 6.87. The number of anilines is 1. The maximum atomic E-state index is 13.0. The van der Waals surface area contributed by atoms with E-state index in [1.165, 1.54) is 12.8 Å². The predicted molar refractivity (Wildman–Crippen MR) is 103 cm³/mol. The van der Waals surface area contributed by atoms with Gasteiger partial charge in [0.15, 0.2) is 11.5 Å². The van der Waals surface area contributed by atoms with Crippen molar-refractivity contribution in [2.75, 3.05) is 52.5 Å². The number of amides is 1. The molecule has 1 saturated heterocycles. The summed E-state index contributed by atoms with van der Waals surface area (Å²) in [4.78, 5) is 14.8. The Bertz CT molecular complexity index is 573. The highest BCUT2D eigenvalue weighted by atomic mass is 16.5. The van der Waals surface area contributed by atoms with Crippen molar-refractivity contribution in [3.63, 3.8) is 0 Å². The van der Waals surface area contributed by atoms with Gasteiger partial charge in [-0.25, -0.2) is 0 Å². The first-order valence-corrected chi connectivity index (χ1v) is 9.32. The second-order valence-electron chi connectivity index (χ2n) is 6.87. The van der Waals surface area contributed by atoms with Crippen molar-refractivity contribution >= 4 is 11.6 Å². The minimum atomic E-state index is 0.118. The molecule has 26 heavy (non-hydrogen) atoms. The number of piperidine rings is 1. The molecular formula is C20H32N2O4. The van der Waals surface area contributed by atoms with Crippen LogP contribution < -0.4 is 19.7 Å². The summed E-state index contributed by atoms with van der Waals surface area (Å²) in [6, 6.07) is 5.57. The summed E-state index contributed by atoms with van der Waals surface area (Å²) in [5.41, 5.74) is 0.804. The van der Waals surface area contributed by atoms with Crippen LogP contribution in [0.5, 0.6) is 11.5 Å². The molecular weight excluding hydrogens is 332 g/mol. The molecule has 1 N–H and O–H groups in total. The van der Waals surface area contributed by atoms with Gasteiger partial charge in [-0.1, -0.05) is 6.92 Å². The number of methoxy groups -OCH3 is 3. The third-order valence-corrected chi connectivity index (χ3v) is 5.14. The molecule has 0 aliphatic carbocycles. The fourth-order valence-corrected chi connectivity index (χ4v) is 3.49. The average molecular weight is 364 g/mol. The standard InChI is InChI=1S/C20H32N2O4/c1-15(16-6-5-9-21-14-16)12-20(23)22(10-11-24-2)17-7-8-18(25-3)19(13-17)26-4/h7-8,13,15-16,21H,5-6,9-12,14H2,1-4H3. The maximum absolute atomic E-state index is 13.0. The van der Waals surface area contributed by atoms with Gasteiger partial charge in [0, 0.05) is 31.8 Å². The van der Waals surface area contributed by atoms with Crippen LogP contribution in [0, 0.1) is 11.8 Å². The fraction of sp³-hybridized carbons (Fsp3) is 0.650. The lowest BCUT2D eigenvalue weighted by molar-refractivity contribution is -0.120. The van der Waals surface area contributed by atoms with Crippen LogP contribution in [0.1, 0.15) is 26.2 Å². The van der Waals surface area contributed by atoms with E-state index in [4.69, 9.17) is 14.2 Å². The van der Waals surface area contributed by atoms with E-state index in [0.29, 0.717) is 42.9 Å². The Balaban J connectivity index is 2.13. The number of carbonyl (C=O) groups excluding carboxylic acids is 1. The van der Waals surface area contributed by atoms with E-state index in [0.717, 1.165) is 18.8 Å². The highest BCUT2D eigenvalue weighted by Crippen LogP contribution is 2.32. The maximum Gasteiger partial charge on any atom is 0.227 e. The number of carbonyl (C=O) groups is 1. The summed E-state index contributed by atoms with van der Waals surface area (Å²) in [6.45, 7) is 5.27. The number of nitrogens with zero attached hydrogens (tertiary/aromatic N) is 1. The smallest absolute Gasteiger partial charge is 0.227 e. The molecule has 1 heterocycles. The molecule has 1 aliphatic rings. The number of benzene rings is 1. The number of rotatable bonds is 9. The lowest BCUT2D eigenvalue weighted by Gasteiger charge is -2.30. The number of hydrogen-bond acceptors (Lipinski definition) is 5. The first-order valence-electron chi connectivity index (χ1n) is 9.32. The molecule has 6 heteroatoms. The van der Waals surface area contributed by atoms with Crippen molar-refractivity contribution in [1.29, 1.82) is 0 Å². The van der Waals surface area contributed by atoms with E-state index < -0.39 is 0 Å². The van der Waals surface area contributed by atoms with Crippen molar-refractivity contribution in [3.05, 3.63) is 18.2 Å². The third-order valence-electron chi connectivity index (χ3n) is 5.14. The van der Waals surface area contributed by atoms with Gasteiger partial charge in [0.2, 0.25) is 5.91 Å². The normalized spacial score (nSPS) is 18.2. The molecule has 1 fully saturated rings. The number of hydrogen-bond donors (Lipinski definition) is 1. The first kappa shape index (κ1) is 20.5. The number of ether oxygens (including phenoxy) is 3. The summed E-state index contributed by atoms with van der Waals surface area (Å²) in [5, 5.41) is 3.44. The van der Waals surface area contributed by atoms with Crippen LogP contribution in [-0.2, 0) is 9.53 Å². The SMILES string of the molecule is COCCN(C(=O)CC(C)C1CCCNC1)c1ccc(OC)c(OC)c1. The molecule has 0 spiro atoms. The largest absolute Gasteiger partial charge is 0.493 e. The van der Waals surface area contributed by atoms with E-state index >= 15 is 0 Å². The molecule has 2 unspecified atom stereocenters. The Morgan fingerprint density at radius 1 is 1.27 bits per heavy atom. The molecule has 0 saturated carbocycles. The highest BCUT2D eigenvalue weighted by Gasteiger charge is 2.25. The molecule has 1 aliphatic heterocycles. The Morgan fingerprint density at radius 3 is 2.65 bits per heavy atom. The molecule has 0 bridgehead atoms. The summed E-state index contributed by atoms with van der Waals surface area (Å²) in [5.74, 6) is 2.29. The van der Waals surface area contributed by atoms with E-state index in [1.807, 2.05) is 18.2 Å². The van der Waals surface area contributed by atoms with Crippen molar-refractivity contribution in [2.24, 2.45) is 11.8 Å². The molecule has 0 radical (unpaired) electrons. The van der Waals surface area contributed by atoms with Gasteiger partial charge in [0.25, 0.3) is 0 Å². The Labute approximate surface area is 156 Å². The summed E-state index contributed by atoms with van der Waals surface area (Å²) < 4.78 is 15.9. The monoisotopic (exact) mass is 364 g/mol. The van der Waals surface area contributed by atoms with Gasteiger partial charge in [0.05, 0.1) is 20.8 Å². The van der Waals surface area contributed by atoms with Gasteiger partial charge >= 0.3 is 0 Å². The fourth-order valence-electron chi connectivity index (χ4n) is 3.49. The van der Waals surface area contributed by atoms with E-state index in [2.05, 4.69) is 12.2 Å². The van der Waals surface area contributed by atoms with Gasteiger partial charge in [-0.15, -0.1) is 0 Å². The van der Waals surface area contributed by atoms with Gasteiger partial charge in [-0.2, -0.15) is 0 Å². The number of nitrogens with one attached hydrogen (secondary N) is 1. The minimum absolute atomic E-state index is 0.118. The molecule has 6 nitrogen and oxygen atoms in total. The Kier molecular flexibility index (Phi) is 8.19. The van der Waals surface area contributed by atoms with Crippen LogP contribution in [-0.4, -0.2) is 53.5 Å². The van der Waals surface area contributed by atoms with Crippen molar-refractivity contribution in [2.45, 2.75) is 26.2 Å². The molecule has 0 aromatic heterocycles. The first-order chi connectivity index (χ1) is 12.6. The van der Waals surface area contributed by atoms with Gasteiger partial charge in [-0.3, -0.25) is 4.79 Å². The van der Waals surface area contributed by atoms with E-state index in [9.17, 15) is 4.79 Å². The van der Waals surface area contributed by atoms with Gasteiger partial charge < -0.3 is 24.4 Å². The molecule has 1 amide bonds. The highest BCUT2D eigenvalue weighted by molar-refractivity contribution is 5.93. The quantitative estimate of drug-likeness (QED) is 0.730. The van der Waals surface area contributed by atoms with Crippen molar-refractivity contribution in [3.8, 4) is 11.5 Å². The van der Waals surface area contributed by atoms with Crippen LogP contribution >= 0.6 is 0 Å². The van der Waals surface area contributed by atoms with Crippen LogP contribution in [0.3, 0.4) is 0 Å². The van der Waals surface area contributed by atoms with Gasteiger partial charge in [0.1, 0.15) is 0 Å². The molecule has 1 aromatic rings. The second kappa shape index (κ2) is 10.4. The zero-order chi connectivity index (χ0) is 18.9. The van der Waals surface area contributed by atoms with Crippen molar-refractivity contribution < 1.29 is 19.0 Å². The van der Waals surface area contributed by atoms with E-state index in [1.54, 1.807) is 26.2 Å². The lowest BCUT2D eigenvalue weighted by atomic mass is 9.85. The summed E-state index contributed by atoms with van der Waals surface area (Å²) >= 11 is 0. The molecule has 2 rings (SSSR count). The lowest BCUT2D eigenvalue weighted by Crippen LogP contribution is -2.38. The average Bonchev–Trinajstić information content (AvgIpc) is 2.68. The van der Waals surface area contributed by atoms with Crippen LogP contribution in [0.4, 0.5) is 5.69 Å². The van der Waals surface area contributed by atoms with Crippen LogP contribution in [0.25, 0.3) is 0 Å². The third kappa shape index (κ3) is 5.35. The van der Waals surface area contributed by atoms with E-state index in [-0.39, 0.29) is 5.91 Å². The zero-order valence-electron chi connectivity index (χ0n) is 16.4. The predicted octanol–water partition coefficient (Wildman–Crippen LogP) is 2.71. The van der Waals surface area contributed by atoms with Crippen LogP contribution in [0.15, 0.2) is 18.2 Å². The Morgan fingerprint density at radius 2 is 2.04 bits per heavy atom. The van der Waals surface area contributed by atoms with Crippen molar-refractivity contribution in [1.82, 2.24) is 5.32 Å².